The van der Waals surface area contributed by atoms with Gasteiger partial charge in [-0.05, 0) is 38.5 Å². The third kappa shape index (κ3) is 11.1. The van der Waals surface area contributed by atoms with E-state index in [0.29, 0.717) is 0 Å². The van der Waals surface area contributed by atoms with Gasteiger partial charge in [0.15, 0.2) is 0 Å². The topological polar surface area (TPSA) is 0 Å². The van der Waals surface area contributed by atoms with E-state index >= 15 is 0 Å². The molecule has 0 N–H and O–H groups in total. The van der Waals surface area contributed by atoms with E-state index in [9.17, 15) is 4.39 Å². The lowest BCUT2D eigenvalue weighted by Gasteiger charge is -1.69. The van der Waals surface area contributed by atoms with Gasteiger partial charge in [-0.3, -0.25) is 0 Å². The lowest BCUT2D eigenvalue weighted by molar-refractivity contribution is 0.594. The van der Waals surface area contributed by atoms with E-state index in [0.717, 1.165) is 0 Å². The summed E-state index contributed by atoms with van der Waals surface area (Å²) in [7, 11) is 0. The quantitative estimate of drug-likeness (QED) is 0.449. The van der Waals surface area contributed by atoms with Crippen LogP contribution in [0.15, 0.2) is 0 Å². The number of halogens is 3. The molecule has 0 heterocycles. The van der Waals surface area contributed by atoms with Gasteiger partial charge in [0, 0.05) is 0 Å². The molecule has 0 rings (SSSR count). The second kappa shape index (κ2) is 2.38. The highest BCUT2D eigenvalue weighted by atomic mass is 127. The Balaban J connectivity index is 3.02. The summed E-state index contributed by atoms with van der Waals surface area (Å²) in [6.45, 7) is 0. The third-order valence-electron chi connectivity index (χ3n) is 0. The molecule has 4 heavy (non-hydrogen) atoms. The molecule has 0 spiro atoms. The first-order valence-electron chi connectivity index (χ1n) is 1.07. The molecule has 0 amide bonds. The zero-order chi connectivity index (χ0) is 4.50. The van der Waals surface area contributed by atoms with E-state index in [1.54, 1.807) is 0 Å². The third-order valence-corrected chi connectivity index (χ3v) is 0. The average Bonchev–Trinajstić information content (AvgIpc) is 0.722. The molecular formula is CHBrFI. The molecule has 0 aliphatic carbocycles. The van der Waals surface area contributed by atoms with Crippen molar-refractivity contribution >= 4 is 38.5 Å². The van der Waals surface area contributed by atoms with Gasteiger partial charge >= 0.3 is 0 Å². The van der Waals surface area contributed by atoms with E-state index in [1.165, 1.54) is 22.6 Å². The summed E-state index contributed by atoms with van der Waals surface area (Å²) >= 11 is 3.66. The summed E-state index contributed by atoms with van der Waals surface area (Å²) in [5.41, 5.74) is 0. The van der Waals surface area contributed by atoms with Crippen LogP contribution in [0.3, 0.4) is 0 Å². The molecule has 1 atom stereocenters. The monoisotopic (exact) mass is 239 g/mol. The fraction of sp³-hybridized carbons (Fsp3) is 1.00. The van der Waals surface area contributed by atoms with E-state index in [4.69, 9.17) is 1.37 Å². The fourth-order valence-electron chi connectivity index (χ4n) is 0. The first-order valence-corrected chi connectivity index (χ1v) is 2.44. The zero-order valence-corrected chi connectivity index (χ0v) is 5.38. The number of rotatable bonds is 0. The van der Waals surface area contributed by atoms with Crippen molar-refractivity contribution in [3.05, 3.63) is 0 Å². The van der Waals surface area contributed by atoms with Crippen LogP contribution >= 0.6 is 38.5 Å². The Morgan fingerprint density at radius 3 is 2.50 bits per heavy atom. The summed E-state index contributed by atoms with van der Waals surface area (Å²) in [6.07, 6.45) is 0. The minimum absolute atomic E-state index is 1.29. The van der Waals surface area contributed by atoms with Gasteiger partial charge in [-0.25, -0.2) is 4.39 Å². The maximum absolute atomic E-state index is 11.3. The van der Waals surface area contributed by atoms with Crippen molar-refractivity contribution in [3.63, 3.8) is 0 Å². The maximum Gasteiger partial charge on any atom is 0.205 e. The van der Waals surface area contributed by atoms with Gasteiger partial charge < -0.3 is 0 Å². The zero-order valence-electron chi connectivity index (χ0n) is 2.63. The molecule has 1 unspecified atom stereocenters. The van der Waals surface area contributed by atoms with Crippen molar-refractivity contribution in [3.8, 4) is 0 Å². The van der Waals surface area contributed by atoms with Gasteiger partial charge in [-0.1, -0.05) is 0 Å². The smallest absolute Gasteiger partial charge is 0.205 e. The van der Waals surface area contributed by atoms with Gasteiger partial charge in [0.05, 0.1) is 1.37 Å². The van der Waals surface area contributed by atoms with E-state index in [-0.39, 0.29) is 0 Å². The molecule has 0 radical (unpaired) electrons. The Bertz CT molecular complexity index is 27.1. The van der Waals surface area contributed by atoms with Gasteiger partial charge in [0.1, 0.15) is 0 Å². The van der Waals surface area contributed by atoms with Gasteiger partial charge in [0.2, 0.25) is 3.06 Å². The van der Waals surface area contributed by atoms with Crippen LogP contribution < -0.4 is 0 Å². The summed E-state index contributed by atoms with van der Waals surface area (Å²) in [5, 5.41) is 0. The minimum Gasteiger partial charge on any atom is -0.223 e. The highest BCUT2D eigenvalue weighted by Crippen LogP contribution is 2.07. The van der Waals surface area contributed by atoms with Crippen LogP contribution in [0.2, 0.25) is 0 Å². The highest BCUT2D eigenvalue weighted by Gasteiger charge is 1.79. The molecule has 3 heteroatoms. The maximum atomic E-state index is 11.3. The lowest BCUT2D eigenvalue weighted by Crippen LogP contribution is -1.54. The first kappa shape index (κ1) is 3.33. The molecule has 0 aliphatic rings. The lowest BCUT2D eigenvalue weighted by atomic mass is 11.8. The Kier molecular flexibility index (Phi) is 1.99. The fourth-order valence-corrected chi connectivity index (χ4v) is 0. The highest BCUT2D eigenvalue weighted by molar-refractivity contribution is 14.1. The standard InChI is InChI=1S/CHBrFI/c2-1(3)4/h1H/i1D. The second-order valence-corrected chi connectivity index (χ2v) is 3.34. The molecule has 0 aliphatic heterocycles. The Morgan fingerprint density at radius 2 is 2.50 bits per heavy atom. The van der Waals surface area contributed by atoms with E-state index < -0.39 is 3.06 Å². The average molecular weight is 240 g/mol. The Labute approximate surface area is 47.4 Å². The molecule has 0 bridgehead atoms. The number of hydrogen-bond donors (Lipinski definition) is 0. The van der Waals surface area contributed by atoms with Crippen LogP contribution in [-0.2, 0) is 0 Å². The van der Waals surface area contributed by atoms with Crippen molar-refractivity contribution in [2.24, 2.45) is 0 Å². The molecule has 26 valence electrons. The molecule has 0 aromatic rings. The van der Waals surface area contributed by atoms with Crippen LogP contribution in [0.5, 0.6) is 0 Å². The normalized spacial score (nSPS) is 27.2. The van der Waals surface area contributed by atoms with Gasteiger partial charge in [-0.15, -0.1) is 0 Å². The van der Waals surface area contributed by atoms with Gasteiger partial charge in [-0.2, -0.15) is 0 Å². The molecule has 0 saturated heterocycles. The van der Waals surface area contributed by atoms with Crippen molar-refractivity contribution in [1.82, 2.24) is 0 Å². The van der Waals surface area contributed by atoms with Crippen LogP contribution in [0.25, 0.3) is 0 Å². The van der Waals surface area contributed by atoms with E-state index in [2.05, 4.69) is 15.9 Å². The molecule has 0 aromatic heterocycles. The second-order valence-electron chi connectivity index (χ2n) is 0.214. The van der Waals surface area contributed by atoms with Crippen LogP contribution in [0, 0.1) is 0 Å². The summed E-state index contributed by atoms with van der Waals surface area (Å²) < 4.78 is 15.5. The van der Waals surface area contributed by atoms with Crippen molar-refractivity contribution in [2.45, 2.75) is 3.06 Å². The minimum atomic E-state index is -1.97. The number of alkyl halides is 3. The number of hydrogen-bond acceptors (Lipinski definition) is 0. The summed E-state index contributed by atoms with van der Waals surface area (Å²) in [5.74, 6) is 0. The first-order chi connectivity index (χ1) is 2.00. The summed E-state index contributed by atoms with van der Waals surface area (Å²) in [4.78, 5) is 0. The van der Waals surface area contributed by atoms with Crippen molar-refractivity contribution < 1.29 is 5.76 Å². The molecule has 0 nitrogen and oxygen atoms in total. The largest absolute Gasteiger partial charge is 0.223 e. The SMILES string of the molecule is [2H]C(F)(Br)I. The molecule has 0 saturated carbocycles. The van der Waals surface area contributed by atoms with Crippen molar-refractivity contribution in [2.75, 3.05) is 0 Å². The predicted octanol–water partition coefficient (Wildman–Crippen LogP) is 2.07. The predicted molar refractivity (Wildman–Crippen MR) is 27.8 cm³/mol. The Hall–Kier alpha value is 1.14. The molecule has 0 fully saturated rings. The van der Waals surface area contributed by atoms with Crippen molar-refractivity contribution in [1.29, 1.82) is 0 Å². The summed E-state index contributed by atoms with van der Waals surface area (Å²) in [6, 6.07) is 0. The van der Waals surface area contributed by atoms with Crippen LogP contribution in [0.1, 0.15) is 1.37 Å². The Morgan fingerprint density at radius 1 is 2.50 bits per heavy atom. The van der Waals surface area contributed by atoms with E-state index in [1.807, 2.05) is 0 Å². The van der Waals surface area contributed by atoms with Crippen LogP contribution in [-0.4, -0.2) is 3.06 Å². The molecular weight excluding hydrogens is 238 g/mol. The van der Waals surface area contributed by atoms with Gasteiger partial charge in [0.25, 0.3) is 0 Å². The van der Waals surface area contributed by atoms with Crippen LogP contribution in [0.4, 0.5) is 4.39 Å². The molecule has 0 aromatic carbocycles.